The summed E-state index contributed by atoms with van der Waals surface area (Å²) < 4.78 is 14.0. The second-order valence-corrected chi connectivity index (χ2v) is 6.60. The molecule has 0 saturated carbocycles. The van der Waals surface area contributed by atoms with Crippen molar-refractivity contribution < 1.29 is 19.1 Å². The van der Waals surface area contributed by atoms with Gasteiger partial charge < -0.3 is 10.0 Å². The van der Waals surface area contributed by atoms with Crippen LogP contribution in [0.1, 0.15) is 40.1 Å². The zero-order valence-corrected chi connectivity index (χ0v) is 14.8. The molecule has 0 bridgehead atoms. The van der Waals surface area contributed by atoms with E-state index in [2.05, 4.69) is 0 Å². The van der Waals surface area contributed by atoms with Crippen molar-refractivity contribution in [3.05, 3.63) is 52.8 Å². The molecule has 0 atom stereocenters. The standard InChI is InChI=1S/C20H22FNO3/c1-12(2)10-22(4)20(25)16-6-5-15(9-19(16)24)17-7-14(11-23)8-18(21)13(17)3/h5-9,11-12,24H,10H2,1-4H3. The van der Waals surface area contributed by atoms with Gasteiger partial charge in [-0.15, -0.1) is 0 Å². The van der Waals surface area contributed by atoms with Crippen LogP contribution in [-0.2, 0) is 0 Å². The van der Waals surface area contributed by atoms with E-state index in [0.717, 1.165) is 0 Å². The van der Waals surface area contributed by atoms with Crippen molar-refractivity contribution in [3.63, 3.8) is 0 Å². The number of phenols is 1. The molecule has 0 fully saturated rings. The molecular weight excluding hydrogens is 321 g/mol. The Morgan fingerprint density at radius 1 is 1.28 bits per heavy atom. The highest BCUT2D eigenvalue weighted by molar-refractivity contribution is 5.97. The fourth-order valence-corrected chi connectivity index (χ4v) is 2.78. The van der Waals surface area contributed by atoms with Gasteiger partial charge in [0.2, 0.25) is 0 Å². The summed E-state index contributed by atoms with van der Waals surface area (Å²) in [5.74, 6) is -0.625. The summed E-state index contributed by atoms with van der Waals surface area (Å²) in [7, 11) is 1.68. The monoisotopic (exact) mass is 343 g/mol. The number of rotatable bonds is 5. The molecule has 25 heavy (non-hydrogen) atoms. The number of aromatic hydroxyl groups is 1. The molecule has 1 N–H and O–H groups in total. The number of amides is 1. The van der Waals surface area contributed by atoms with Gasteiger partial charge >= 0.3 is 0 Å². The number of benzene rings is 2. The molecule has 2 aromatic rings. The molecule has 0 spiro atoms. The van der Waals surface area contributed by atoms with E-state index in [-0.39, 0.29) is 22.8 Å². The van der Waals surface area contributed by atoms with E-state index < -0.39 is 5.82 Å². The highest BCUT2D eigenvalue weighted by Gasteiger charge is 2.18. The molecule has 4 nitrogen and oxygen atoms in total. The molecule has 5 heteroatoms. The predicted molar refractivity (Wildman–Crippen MR) is 95.4 cm³/mol. The Bertz CT molecular complexity index is 815. The van der Waals surface area contributed by atoms with Crippen LogP contribution in [0.3, 0.4) is 0 Å². The van der Waals surface area contributed by atoms with Crippen molar-refractivity contribution in [2.45, 2.75) is 20.8 Å². The van der Waals surface area contributed by atoms with Gasteiger partial charge in [0.1, 0.15) is 17.9 Å². The Balaban J connectivity index is 2.42. The van der Waals surface area contributed by atoms with Crippen LogP contribution in [-0.4, -0.2) is 35.8 Å². The van der Waals surface area contributed by atoms with Crippen molar-refractivity contribution in [1.29, 1.82) is 0 Å². The first kappa shape index (κ1) is 18.6. The van der Waals surface area contributed by atoms with Crippen molar-refractivity contribution in [3.8, 4) is 16.9 Å². The third kappa shape index (κ3) is 4.05. The number of carbonyl (C=O) groups is 2. The minimum Gasteiger partial charge on any atom is -0.507 e. The predicted octanol–water partition coefficient (Wildman–Crippen LogP) is 4.05. The molecule has 2 aromatic carbocycles. The summed E-state index contributed by atoms with van der Waals surface area (Å²) in [5, 5.41) is 10.3. The van der Waals surface area contributed by atoms with Gasteiger partial charge in [-0.05, 0) is 53.8 Å². The largest absolute Gasteiger partial charge is 0.507 e. The van der Waals surface area contributed by atoms with Crippen LogP contribution < -0.4 is 0 Å². The van der Waals surface area contributed by atoms with Crippen molar-refractivity contribution in [2.75, 3.05) is 13.6 Å². The second-order valence-electron chi connectivity index (χ2n) is 6.60. The van der Waals surface area contributed by atoms with E-state index in [0.29, 0.717) is 35.4 Å². The molecule has 0 saturated heterocycles. The first-order valence-corrected chi connectivity index (χ1v) is 8.08. The lowest BCUT2D eigenvalue weighted by atomic mass is 9.96. The first-order chi connectivity index (χ1) is 11.7. The summed E-state index contributed by atoms with van der Waals surface area (Å²) in [6.45, 7) is 6.19. The lowest BCUT2D eigenvalue weighted by molar-refractivity contribution is 0.0776. The van der Waals surface area contributed by atoms with Gasteiger partial charge in [0, 0.05) is 19.2 Å². The normalized spacial score (nSPS) is 10.8. The number of halogens is 1. The minimum absolute atomic E-state index is 0.172. The summed E-state index contributed by atoms with van der Waals surface area (Å²) >= 11 is 0. The van der Waals surface area contributed by atoms with Crippen LogP contribution in [0.25, 0.3) is 11.1 Å². The average molecular weight is 343 g/mol. The highest BCUT2D eigenvalue weighted by Crippen LogP contribution is 2.31. The van der Waals surface area contributed by atoms with Gasteiger partial charge in [0.15, 0.2) is 0 Å². The minimum atomic E-state index is -0.490. The van der Waals surface area contributed by atoms with Crippen LogP contribution in [0.4, 0.5) is 4.39 Å². The van der Waals surface area contributed by atoms with E-state index in [9.17, 15) is 19.1 Å². The summed E-state index contributed by atoms with van der Waals surface area (Å²) in [4.78, 5) is 24.9. The molecule has 1 amide bonds. The lowest BCUT2D eigenvalue weighted by Gasteiger charge is -2.20. The summed E-state index contributed by atoms with van der Waals surface area (Å²) in [6.07, 6.45) is 0.574. The fourth-order valence-electron chi connectivity index (χ4n) is 2.78. The molecule has 0 aliphatic heterocycles. The van der Waals surface area contributed by atoms with E-state index >= 15 is 0 Å². The Hall–Kier alpha value is -2.69. The van der Waals surface area contributed by atoms with E-state index in [1.807, 2.05) is 13.8 Å². The quantitative estimate of drug-likeness (QED) is 0.833. The smallest absolute Gasteiger partial charge is 0.257 e. The molecule has 0 aromatic heterocycles. The molecule has 0 aliphatic carbocycles. The summed E-state index contributed by atoms with van der Waals surface area (Å²) in [5.41, 5.74) is 1.83. The molecular formula is C20H22FNO3. The average Bonchev–Trinajstić information content (AvgIpc) is 2.55. The van der Waals surface area contributed by atoms with Gasteiger partial charge in [-0.25, -0.2) is 4.39 Å². The van der Waals surface area contributed by atoms with Gasteiger partial charge in [-0.3, -0.25) is 9.59 Å². The number of phenolic OH excluding ortho intramolecular Hbond substituents is 1. The lowest BCUT2D eigenvalue weighted by Crippen LogP contribution is -2.30. The Morgan fingerprint density at radius 2 is 1.96 bits per heavy atom. The van der Waals surface area contributed by atoms with Gasteiger partial charge in [-0.1, -0.05) is 19.9 Å². The molecule has 0 unspecified atom stereocenters. The van der Waals surface area contributed by atoms with Gasteiger partial charge in [0.25, 0.3) is 5.91 Å². The molecule has 0 heterocycles. The third-order valence-electron chi connectivity index (χ3n) is 4.03. The first-order valence-electron chi connectivity index (χ1n) is 8.08. The number of hydrogen-bond acceptors (Lipinski definition) is 3. The van der Waals surface area contributed by atoms with Crippen LogP contribution >= 0.6 is 0 Å². The fraction of sp³-hybridized carbons (Fsp3) is 0.300. The Morgan fingerprint density at radius 3 is 2.52 bits per heavy atom. The number of carbonyl (C=O) groups excluding carboxylic acids is 2. The van der Waals surface area contributed by atoms with Gasteiger partial charge in [0.05, 0.1) is 5.56 Å². The zero-order chi connectivity index (χ0) is 18.7. The Kier molecular flexibility index (Phi) is 5.57. The van der Waals surface area contributed by atoms with Crippen LogP contribution in [0.5, 0.6) is 5.75 Å². The third-order valence-corrected chi connectivity index (χ3v) is 4.03. The number of hydrogen-bond donors (Lipinski definition) is 1. The van der Waals surface area contributed by atoms with E-state index in [4.69, 9.17) is 0 Å². The van der Waals surface area contributed by atoms with Crippen LogP contribution in [0.2, 0.25) is 0 Å². The van der Waals surface area contributed by atoms with Crippen LogP contribution in [0.15, 0.2) is 30.3 Å². The molecule has 2 rings (SSSR count). The van der Waals surface area contributed by atoms with E-state index in [1.54, 1.807) is 31.0 Å². The Labute approximate surface area is 146 Å². The van der Waals surface area contributed by atoms with Crippen molar-refractivity contribution in [1.82, 2.24) is 4.90 Å². The molecule has 132 valence electrons. The maximum absolute atomic E-state index is 14.0. The maximum Gasteiger partial charge on any atom is 0.257 e. The number of nitrogens with zero attached hydrogens (tertiary/aromatic N) is 1. The topological polar surface area (TPSA) is 57.6 Å². The second kappa shape index (κ2) is 7.47. The van der Waals surface area contributed by atoms with Crippen molar-refractivity contribution in [2.24, 2.45) is 5.92 Å². The number of aldehydes is 1. The molecule has 0 radical (unpaired) electrons. The molecule has 0 aliphatic rings. The summed E-state index contributed by atoms with van der Waals surface area (Å²) in [6, 6.07) is 7.32. The SMILES string of the molecule is Cc1c(F)cc(C=O)cc1-c1ccc(C(=O)N(C)CC(C)C)c(O)c1. The maximum atomic E-state index is 14.0. The highest BCUT2D eigenvalue weighted by atomic mass is 19.1. The van der Waals surface area contributed by atoms with E-state index in [1.165, 1.54) is 18.2 Å². The van der Waals surface area contributed by atoms with Gasteiger partial charge in [-0.2, -0.15) is 0 Å². The van der Waals surface area contributed by atoms with Crippen molar-refractivity contribution >= 4 is 12.2 Å². The van der Waals surface area contributed by atoms with Crippen LogP contribution in [0, 0.1) is 18.7 Å². The zero-order valence-electron chi connectivity index (χ0n) is 14.8.